The van der Waals surface area contributed by atoms with E-state index in [0.717, 1.165) is 38.6 Å². The highest BCUT2D eigenvalue weighted by atomic mass is 32.2. The van der Waals surface area contributed by atoms with E-state index >= 15 is 0 Å². The first-order chi connectivity index (χ1) is 10.1. The smallest absolute Gasteiger partial charge is 0.155 e. The van der Waals surface area contributed by atoms with Gasteiger partial charge >= 0.3 is 0 Å². The third-order valence-corrected chi connectivity index (χ3v) is 6.67. The first kappa shape index (κ1) is 16.5. The summed E-state index contributed by atoms with van der Waals surface area (Å²) in [7, 11) is -3.03. The fourth-order valence-electron chi connectivity index (χ4n) is 3.28. The minimum Gasteiger partial charge on any atom is -0.309 e. The zero-order valence-electron chi connectivity index (χ0n) is 13.1. The zero-order chi connectivity index (χ0) is 15.3. The molecule has 1 aliphatic carbocycles. The van der Waals surface area contributed by atoms with Gasteiger partial charge in [-0.3, -0.25) is 0 Å². The molecule has 0 spiro atoms. The van der Waals surface area contributed by atoms with Crippen LogP contribution in [-0.4, -0.2) is 26.0 Å². The van der Waals surface area contributed by atoms with Crippen molar-refractivity contribution in [2.75, 3.05) is 12.3 Å². The molecule has 0 saturated carbocycles. The van der Waals surface area contributed by atoms with Gasteiger partial charge in [0.25, 0.3) is 0 Å². The summed E-state index contributed by atoms with van der Waals surface area (Å²) in [5, 5.41) is 3.13. The van der Waals surface area contributed by atoms with Gasteiger partial charge in [0, 0.05) is 6.04 Å². The molecule has 1 aliphatic rings. The van der Waals surface area contributed by atoms with Crippen LogP contribution in [0.4, 0.5) is 0 Å². The van der Waals surface area contributed by atoms with Crippen LogP contribution in [-0.2, 0) is 16.3 Å². The lowest BCUT2D eigenvalue weighted by molar-refractivity contribution is 0.456. The molecule has 118 valence electrons. The van der Waals surface area contributed by atoms with Crippen LogP contribution in [0.2, 0.25) is 0 Å². The monoisotopic (exact) mass is 309 g/mol. The van der Waals surface area contributed by atoms with Gasteiger partial charge in [-0.2, -0.15) is 0 Å². The highest BCUT2D eigenvalue weighted by Gasteiger charge is 2.37. The highest BCUT2D eigenvalue weighted by Crippen LogP contribution is 2.34. The second kappa shape index (κ2) is 7.41. The van der Waals surface area contributed by atoms with Crippen molar-refractivity contribution in [1.29, 1.82) is 0 Å². The summed E-state index contributed by atoms with van der Waals surface area (Å²) in [6, 6.07) is 8.20. The van der Waals surface area contributed by atoms with Crippen LogP contribution in [0.3, 0.4) is 0 Å². The second-order valence-electron chi connectivity index (χ2n) is 5.89. The van der Waals surface area contributed by atoms with Gasteiger partial charge in [0.05, 0.1) is 11.0 Å². The number of rotatable bonds is 7. The Morgan fingerprint density at radius 3 is 2.67 bits per heavy atom. The number of nitrogens with one attached hydrogen (secondary N) is 1. The van der Waals surface area contributed by atoms with Gasteiger partial charge in [-0.1, -0.05) is 51.0 Å². The van der Waals surface area contributed by atoms with Crippen LogP contribution in [0.5, 0.6) is 0 Å². The van der Waals surface area contributed by atoms with Gasteiger partial charge in [-0.05, 0) is 36.9 Å². The molecule has 0 aromatic heterocycles. The Kier molecular flexibility index (Phi) is 5.82. The molecule has 1 aromatic carbocycles. The molecule has 1 aromatic rings. The topological polar surface area (TPSA) is 46.2 Å². The molecule has 2 rings (SSSR count). The first-order valence-corrected chi connectivity index (χ1v) is 9.84. The third kappa shape index (κ3) is 3.86. The molecule has 3 nitrogen and oxygen atoms in total. The molecule has 0 aliphatic heterocycles. The molecule has 0 fully saturated rings. The van der Waals surface area contributed by atoms with Gasteiger partial charge in [-0.15, -0.1) is 0 Å². The lowest BCUT2D eigenvalue weighted by Crippen LogP contribution is -2.41. The highest BCUT2D eigenvalue weighted by molar-refractivity contribution is 7.92. The van der Waals surface area contributed by atoms with E-state index in [4.69, 9.17) is 0 Å². The summed E-state index contributed by atoms with van der Waals surface area (Å²) in [4.78, 5) is 0. The van der Waals surface area contributed by atoms with Crippen LogP contribution in [0.1, 0.15) is 56.7 Å². The lowest BCUT2D eigenvalue weighted by atomic mass is 9.87. The van der Waals surface area contributed by atoms with Crippen molar-refractivity contribution in [3.8, 4) is 0 Å². The molecule has 2 atom stereocenters. The summed E-state index contributed by atoms with van der Waals surface area (Å²) >= 11 is 0. The number of unbranched alkanes of at least 4 members (excludes halogenated alkanes) is 2. The number of sulfone groups is 1. The third-order valence-electron chi connectivity index (χ3n) is 4.38. The summed E-state index contributed by atoms with van der Waals surface area (Å²) < 4.78 is 25.4. The van der Waals surface area contributed by atoms with Gasteiger partial charge < -0.3 is 5.32 Å². The summed E-state index contributed by atoms with van der Waals surface area (Å²) in [6.07, 6.45) is 4.45. The maximum Gasteiger partial charge on any atom is 0.155 e. The Morgan fingerprint density at radius 2 is 1.95 bits per heavy atom. The quantitative estimate of drug-likeness (QED) is 0.786. The predicted octanol–water partition coefficient (Wildman–Crippen LogP) is 3.26. The minimum atomic E-state index is -3.03. The summed E-state index contributed by atoms with van der Waals surface area (Å²) in [6.45, 7) is 4.93. The SMILES string of the molecule is CCCCCS(=O)(=O)C1CCc2ccccc2C1NCC. The minimum absolute atomic E-state index is 0.0495. The summed E-state index contributed by atoms with van der Waals surface area (Å²) in [5.74, 6) is 0.329. The van der Waals surface area contributed by atoms with Crippen molar-refractivity contribution in [3.05, 3.63) is 35.4 Å². The molecule has 2 unspecified atom stereocenters. The van der Waals surface area contributed by atoms with Crippen molar-refractivity contribution in [1.82, 2.24) is 5.32 Å². The average molecular weight is 309 g/mol. The lowest BCUT2D eigenvalue weighted by Gasteiger charge is -2.34. The van der Waals surface area contributed by atoms with Crippen molar-refractivity contribution in [2.45, 2.75) is 57.2 Å². The Balaban J connectivity index is 2.23. The predicted molar refractivity (Wildman–Crippen MR) is 88.3 cm³/mol. The largest absolute Gasteiger partial charge is 0.309 e. The van der Waals surface area contributed by atoms with Gasteiger partial charge in [0.15, 0.2) is 9.84 Å². The standard InChI is InChI=1S/C17H27NO2S/c1-3-5-8-13-21(19,20)16-12-11-14-9-6-7-10-15(14)17(16)18-4-2/h6-7,9-10,16-18H,3-5,8,11-13H2,1-2H3. The normalized spacial score (nSPS) is 22.0. The van der Waals surface area contributed by atoms with E-state index in [0.29, 0.717) is 5.75 Å². The van der Waals surface area contributed by atoms with Crippen LogP contribution < -0.4 is 5.32 Å². The van der Waals surface area contributed by atoms with Crippen molar-refractivity contribution >= 4 is 9.84 Å². The van der Waals surface area contributed by atoms with Crippen LogP contribution in [0, 0.1) is 0 Å². The van der Waals surface area contributed by atoms with Crippen molar-refractivity contribution in [3.63, 3.8) is 0 Å². The van der Waals surface area contributed by atoms with Gasteiger partial charge in [0.1, 0.15) is 0 Å². The molecular formula is C17H27NO2S. The van der Waals surface area contributed by atoms with E-state index in [1.165, 1.54) is 11.1 Å². The summed E-state index contributed by atoms with van der Waals surface area (Å²) in [5.41, 5.74) is 2.47. The van der Waals surface area contributed by atoms with E-state index in [1.807, 2.05) is 19.1 Å². The number of fused-ring (bicyclic) bond motifs is 1. The molecule has 0 radical (unpaired) electrons. The Bertz CT molecular complexity index is 554. The Labute approximate surface area is 129 Å². The maximum absolute atomic E-state index is 12.7. The number of hydrogen-bond donors (Lipinski definition) is 1. The van der Waals surface area contributed by atoms with E-state index < -0.39 is 9.84 Å². The zero-order valence-corrected chi connectivity index (χ0v) is 14.0. The second-order valence-corrected chi connectivity index (χ2v) is 8.22. The van der Waals surface area contributed by atoms with Crippen molar-refractivity contribution < 1.29 is 8.42 Å². The number of aryl methyl sites for hydroxylation is 1. The fraction of sp³-hybridized carbons (Fsp3) is 0.647. The maximum atomic E-state index is 12.7. The number of hydrogen-bond acceptors (Lipinski definition) is 3. The average Bonchev–Trinajstić information content (AvgIpc) is 2.48. The van der Waals surface area contributed by atoms with Crippen LogP contribution >= 0.6 is 0 Å². The Morgan fingerprint density at radius 1 is 1.19 bits per heavy atom. The Hall–Kier alpha value is -0.870. The van der Waals surface area contributed by atoms with Crippen LogP contribution in [0.15, 0.2) is 24.3 Å². The molecular weight excluding hydrogens is 282 g/mol. The van der Waals surface area contributed by atoms with Gasteiger partial charge in [-0.25, -0.2) is 8.42 Å². The molecule has 0 amide bonds. The fourth-order valence-corrected chi connectivity index (χ4v) is 5.33. The molecule has 0 heterocycles. The van der Waals surface area contributed by atoms with E-state index in [2.05, 4.69) is 24.4 Å². The van der Waals surface area contributed by atoms with Crippen molar-refractivity contribution in [2.24, 2.45) is 0 Å². The van der Waals surface area contributed by atoms with E-state index in [1.54, 1.807) is 0 Å². The van der Waals surface area contributed by atoms with E-state index in [9.17, 15) is 8.42 Å². The molecule has 0 saturated heterocycles. The molecule has 21 heavy (non-hydrogen) atoms. The molecule has 4 heteroatoms. The van der Waals surface area contributed by atoms with Gasteiger partial charge in [0.2, 0.25) is 0 Å². The van der Waals surface area contributed by atoms with E-state index in [-0.39, 0.29) is 11.3 Å². The molecule has 1 N–H and O–H groups in total. The number of benzene rings is 1. The van der Waals surface area contributed by atoms with Crippen LogP contribution in [0.25, 0.3) is 0 Å². The molecule has 0 bridgehead atoms. The first-order valence-electron chi connectivity index (χ1n) is 8.13.